The van der Waals surface area contributed by atoms with Gasteiger partial charge in [0, 0.05) is 19.6 Å². The normalized spacial score (nSPS) is 16.7. The zero-order valence-corrected chi connectivity index (χ0v) is 14.1. The quantitative estimate of drug-likeness (QED) is 0.806. The monoisotopic (exact) mass is 290 g/mol. The summed E-state index contributed by atoms with van der Waals surface area (Å²) in [4.78, 5) is 4.89. The van der Waals surface area contributed by atoms with E-state index in [4.69, 9.17) is 0 Å². The van der Waals surface area contributed by atoms with Crippen molar-refractivity contribution in [2.45, 2.75) is 46.5 Å². The maximum Gasteiger partial charge on any atom is 0.151 e. The van der Waals surface area contributed by atoms with Crippen LogP contribution in [0.15, 0.2) is 6.07 Å². The topological polar surface area (TPSA) is 32.3 Å². The van der Waals surface area contributed by atoms with Gasteiger partial charge in [-0.3, -0.25) is 0 Å². The van der Waals surface area contributed by atoms with Crippen molar-refractivity contribution in [1.29, 1.82) is 0 Å². The summed E-state index contributed by atoms with van der Waals surface area (Å²) in [5.41, 5.74) is 2.27. The molecule has 4 heteroatoms. The van der Waals surface area contributed by atoms with E-state index in [1.54, 1.807) is 0 Å². The van der Waals surface area contributed by atoms with E-state index < -0.39 is 0 Å². The van der Waals surface area contributed by atoms with E-state index in [1.165, 1.54) is 44.3 Å². The number of unbranched alkanes of at least 4 members (excludes halogenated alkanes) is 1. The second kappa shape index (κ2) is 7.74. The molecule has 0 atom stereocenters. The molecule has 118 valence electrons. The van der Waals surface area contributed by atoms with E-state index in [-0.39, 0.29) is 0 Å². The van der Waals surface area contributed by atoms with E-state index in [1.807, 2.05) is 6.92 Å². The summed E-state index contributed by atoms with van der Waals surface area (Å²) in [7, 11) is 2.26. The average Bonchev–Trinajstić information content (AvgIpc) is 2.49. The molecule has 0 saturated carbocycles. The lowest BCUT2D eigenvalue weighted by Crippen LogP contribution is -2.38. The summed E-state index contributed by atoms with van der Waals surface area (Å²) < 4.78 is 0. The number of hydrogen-bond donors (Lipinski definition) is 0. The Balaban J connectivity index is 1.81. The zero-order valence-electron chi connectivity index (χ0n) is 14.1. The molecule has 0 aliphatic carbocycles. The first kappa shape index (κ1) is 16.2. The molecule has 1 aliphatic heterocycles. The highest BCUT2D eigenvalue weighted by atomic mass is 15.3. The summed E-state index contributed by atoms with van der Waals surface area (Å²) in [5.74, 6) is 1.89. The van der Waals surface area contributed by atoms with Crippen LogP contribution in [0.1, 0.15) is 43.9 Å². The molecule has 0 bridgehead atoms. The summed E-state index contributed by atoms with van der Waals surface area (Å²) in [5, 5.41) is 8.61. The molecular weight excluding hydrogens is 260 g/mol. The van der Waals surface area contributed by atoms with Gasteiger partial charge in [0.1, 0.15) is 0 Å². The zero-order chi connectivity index (χ0) is 15.2. The predicted octanol–water partition coefficient (Wildman–Crippen LogP) is 3.04. The predicted molar refractivity (Wildman–Crippen MR) is 88.8 cm³/mol. The van der Waals surface area contributed by atoms with Crippen molar-refractivity contribution >= 4 is 5.82 Å². The first-order chi connectivity index (χ1) is 10.1. The number of anilines is 1. The maximum absolute atomic E-state index is 4.35. The Morgan fingerprint density at radius 1 is 1.24 bits per heavy atom. The third kappa shape index (κ3) is 4.67. The number of aromatic nitrogens is 2. The number of piperidine rings is 1. The van der Waals surface area contributed by atoms with E-state index in [0.29, 0.717) is 0 Å². The molecule has 1 aromatic rings. The third-order valence-electron chi connectivity index (χ3n) is 4.62. The Hall–Kier alpha value is -1.16. The minimum Gasteiger partial charge on any atom is -0.355 e. The molecular formula is C17H30N4. The summed E-state index contributed by atoms with van der Waals surface area (Å²) >= 11 is 0. The molecule has 1 aliphatic rings. The molecule has 0 aromatic carbocycles. The average molecular weight is 290 g/mol. The van der Waals surface area contributed by atoms with Gasteiger partial charge in [-0.25, -0.2) is 0 Å². The first-order valence-electron chi connectivity index (χ1n) is 8.34. The number of nitrogens with zero attached hydrogens (tertiary/aromatic N) is 4. The highest BCUT2D eigenvalue weighted by Gasteiger charge is 2.21. The Morgan fingerprint density at radius 3 is 2.57 bits per heavy atom. The van der Waals surface area contributed by atoms with E-state index >= 15 is 0 Å². The van der Waals surface area contributed by atoms with Crippen LogP contribution in [0.4, 0.5) is 5.82 Å². The van der Waals surface area contributed by atoms with Gasteiger partial charge in [0.25, 0.3) is 0 Å². The van der Waals surface area contributed by atoms with Crippen molar-refractivity contribution < 1.29 is 0 Å². The second-order valence-corrected chi connectivity index (χ2v) is 6.52. The minimum atomic E-state index is 0.836. The van der Waals surface area contributed by atoms with Crippen molar-refractivity contribution in [3.8, 4) is 0 Å². The number of hydrogen-bond acceptors (Lipinski definition) is 4. The molecule has 0 N–H and O–H groups in total. The van der Waals surface area contributed by atoms with E-state index in [2.05, 4.69) is 47.0 Å². The van der Waals surface area contributed by atoms with Crippen LogP contribution in [-0.4, -0.2) is 48.3 Å². The lowest BCUT2D eigenvalue weighted by atomic mass is 9.96. The highest BCUT2D eigenvalue weighted by Crippen LogP contribution is 2.23. The fraction of sp³-hybridized carbons (Fsp3) is 0.765. The van der Waals surface area contributed by atoms with Gasteiger partial charge in [0.05, 0.1) is 5.69 Å². The van der Waals surface area contributed by atoms with Gasteiger partial charge in [-0.2, -0.15) is 5.10 Å². The maximum atomic E-state index is 4.35. The molecule has 4 nitrogen and oxygen atoms in total. The van der Waals surface area contributed by atoms with Crippen molar-refractivity contribution in [2.24, 2.45) is 5.92 Å². The minimum absolute atomic E-state index is 0.836. The van der Waals surface area contributed by atoms with Crippen LogP contribution in [0.25, 0.3) is 0 Å². The van der Waals surface area contributed by atoms with Gasteiger partial charge in [-0.05, 0) is 64.3 Å². The van der Waals surface area contributed by atoms with Crippen molar-refractivity contribution in [1.82, 2.24) is 15.1 Å². The van der Waals surface area contributed by atoms with Crippen LogP contribution in [0.3, 0.4) is 0 Å². The molecule has 1 aromatic heterocycles. The van der Waals surface area contributed by atoms with Crippen LogP contribution in [-0.2, 0) is 0 Å². The Bertz CT molecular complexity index is 438. The molecule has 0 amide bonds. The van der Waals surface area contributed by atoms with E-state index in [9.17, 15) is 0 Å². The van der Waals surface area contributed by atoms with Crippen LogP contribution in [0.5, 0.6) is 0 Å². The lowest BCUT2D eigenvalue weighted by molar-refractivity contribution is 0.245. The fourth-order valence-electron chi connectivity index (χ4n) is 2.99. The molecule has 2 heterocycles. The molecule has 0 radical (unpaired) electrons. The summed E-state index contributed by atoms with van der Waals surface area (Å²) in [6.07, 6.45) is 5.14. The smallest absolute Gasteiger partial charge is 0.151 e. The summed E-state index contributed by atoms with van der Waals surface area (Å²) in [6, 6.07) is 2.18. The fourth-order valence-corrected chi connectivity index (χ4v) is 2.99. The van der Waals surface area contributed by atoms with Gasteiger partial charge in [-0.15, -0.1) is 5.10 Å². The third-order valence-corrected chi connectivity index (χ3v) is 4.62. The van der Waals surface area contributed by atoms with Crippen LogP contribution < -0.4 is 4.90 Å². The molecule has 0 spiro atoms. The van der Waals surface area contributed by atoms with Crippen molar-refractivity contribution in [2.75, 3.05) is 38.1 Å². The Morgan fingerprint density at radius 2 is 1.95 bits per heavy atom. The first-order valence-corrected chi connectivity index (χ1v) is 8.34. The van der Waals surface area contributed by atoms with E-state index in [0.717, 1.165) is 30.5 Å². The van der Waals surface area contributed by atoms with Crippen molar-refractivity contribution in [3.63, 3.8) is 0 Å². The molecule has 21 heavy (non-hydrogen) atoms. The standard InChI is InChI=1S/C17H30N4/c1-5-6-9-20(4)13-16-7-10-21(11-8-16)17-12-14(2)15(3)18-19-17/h12,16H,5-11,13H2,1-4H3. The lowest BCUT2D eigenvalue weighted by Gasteiger charge is -2.34. The largest absolute Gasteiger partial charge is 0.355 e. The Labute approximate surface area is 129 Å². The van der Waals surface area contributed by atoms with Crippen LogP contribution in [0, 0.1) is 19.8 Å². The SMILES string of the molecule is CCCCN(C)CC1CCN(c2cc(C)c(C)nn2)CC1. The number of aryl methyl sites for hydroxylation is 2. The molecule has 2 rings (SSSR count). The van der Waals surface area contributed by atoms with Gasteiger partial charge in [0.15, 0.2) is 5.82 Å². The van der Waals surface area contributed by atoms with Crippen LogP contribution >= 0.6 is 0 Å². The molecule has 1 saturated heterocycles. The number of rotatable bonds is 6. The van der Waals surface area contributed by atoms with Crippen LogP contribution in [0.2, 0.25) is 0 Å². The highest BCUT2D eigenvalue weighted by molar-refractivity contribution is 5.41. The molecule has 1 fully saturated rings. The molecule has 0 unspecified atom stereocenters. The van der Waals surface area contributed by atoms with Crippen molar-refractivity contribution in [3.05, 3.63) is 17.3 Å². The van der Waals surface area contributed by atoms with Gasteiger partial charge in [0.2, 0.25) is 0 Å². The van der Waals surface area contributed by atoms with Gasteiger partial charge >= 0.3 is 0 Å². The van der Waals surface area contributed by atoms with Gasteiger partial charge < -0.3 is 9.80 Å². The Kier molecular flexibility index (Phi) is 5.97. The summed E-state index contributed by atoms with van der Waals surface area (Å²) in [6.45, 7) is 11.1. The second-order valence-electron chi connectivity index (χ2n) is 6.52. The van der Waals surface area contributed by atoms with Gasteiger partial charge in [-0.1, -0.05) is 13.3 Å².